The predicted octanol–water partition coefficient (Wildman–Crippen LogP) is 2.52. The lowest BCUT2D eigenvalue weighted by molar-refractivity contribution is 0.583. The lowest BCUT2D eigenvalue weighted by Crippen LogP contribution is -2.13. The first-order chi connectivity index (χ1) is 10.2. The van der Waals surface area contributed by atoms with Crippen LogP contribution in [-0.2, 0) is 9.84 Å². The normalized spacial score (nSPS) is 13.3. The van der Waals surface area contributed by atoms with Gasteiger partial charge in [0, 0.05) is 23.6 Å². The molecule has 9 heteroatoms. The van der Waals surface area contributed by atoms with Crippen LogP contribution in [-0.4, -0.2) is 41.4 Å². The summed E-state index contributed by atoms with van der Waals surface area (Å²) in [6, 6.07) is 3.09. The van der Waals surface area contributed by atoms with E-state index < -0.39 is 21.5 Å². The molecule has 0 aliphatic rings. The Balaban J connectivity index is 2.02. The van der Waals surface area contributed by atoms with Gasteiger partial charge in [-0.15, -0.1) is 5.10 Å². The van der Waals surface area contributed by atoms with E-state index >= 15 is 0 Å². The number of nitrogens with zero attached hydrogens (tertiary/aromatic N) is 2. The van der Waals surface area contributed by atoms with Crippen LogP contribution in [0.15, 0.2) is 23.4 Å². The van der Waals surface area contributed by atoms with Crippen LogP contribution in [0.4, 0.5) is 8.78 Å². The summed E-state index contributed by atoms with van der Waals surface area (Å²) in [5, 5.41) is 6.97. The van der Waals surface area contributed by atoms with Crippen molar-refractivity contribution in [1.82, 2.24) is 15.2 Å². The molecule has 1 unspecified atom stereocenters. The van der Waals surface area contributed by atoms with Gasteiger partial charge in [0.05, 0.1) is 5.75 Å². The number of nitrogens with one attached hydrogen (secondary N) is 1. The van der Waals surface area contributed by atoms with E-state index in [1.165, 1.54) is 18.0 Å². The number of hydrogen-bond acceptors (Lipinski definition) is 5. The maximum atomic E-state index is 13.2. The third kappa shape index (κ3) is 5.06. The number of rotatable bonds is 6. The Labute approximate surface area is 131 Å². The van der Waals surface area contributed by atoms with Crippen molar-refractivity contribution in [3.8, 4) is 11.4 Å². The van der Waals surface area contributed by atoms with Gasteiger partial charge in [0.1, 0.15) is 21.5 Å². The fourth-order valence-corrected chi connectivity index (χ4v) is 4.03. The van der Waals surface area contributed by atoms with Gasteiger partial charge in [-0.05, 0) is 18.1 Å². The number of thioether (sulfide) groups is 1. The Morgan fingerprint density at radius 1 is 1.27 bits per heavy atom. The summed E-state index contributed by atoms with van der Waals surface area (Å²) in [7, 11) is -3.02. The van der Waals surface area contributed by atoms with Gasteiger partial charge < -0.3 is 0 Å². The summed E-state index contributed by atoms with van der Waals surface area (Å²) in [6.45, 7) is 1.82. The summed E-state index contributed by atoms with van der Waals surface area (Å²) in [5.74, 6) is -0.552. The van der Waals surface area contributed by atoms with Gasteiger partial charge in [0.15, 0.2) is 5.82 Å². The Morgan fingerprint density at radius 2 is 1.91 bits per heavy atom. The molecule has 0 spiro atoms. The maximum Gasteiger partial charge on any atom is 0.208 e. The number of benzene rings is 1. The average molecular weight is 347 g/mol. The Kier molecular flexibility index (Phi) is 5.17. The summed E-state index contributed by atoms with van der Waals surface area (Å²) >= 11 is 1.29. The fourth-order valence-electron chi connectivity index (χ4n) is 1.91. The van der Waals surface area contributed by atoms with Crippen LogP contribution in [0.25, 0.3) is 11.4 Å². The highest BCUT2D eigenvalue weighted by Crippen LogP contribution is 2.22. The minimum absolute atomic E-state index is 0.0476. The van der Waals surface area contributed by atoms with Crippen LogP contribution in [0.2, 0.25) is 0 Å². The number of H-pyrrole nitrogens is 1. The fraction of sp³-hybridized carbons (Fsp3) is 0.385. The molecule has 1 heterocycles. The third-order valence-corrected chi connectivity index (χ3v) is 5.04. The second-order valence-electron chi connectivity index (χ2n) is 5.13. The van der Waals surface area contributed by atoms with E-state index in [4.69, 9.17) is 0 Å². The van der Waals surface area contributed by atoms with Crippen LogP contribution in [0.5, 0.6) is 0 Å². The van der Waals surface area contributed by atoms with Gasteiger partial charge in [-0.25, -0.2) is 22.2 Å². The SMILES string of the molecule is CC(CSc1n[nH]c(-c2cc(F)cc(F)c2)n1)CS(C)(=O)=O. The van der Waals surface area contributed by atoms with Crippen LogP contribution in [0.1, 0.15) is 6.92 Å². The van der Waals surface area contributed by atoms with Crippen molar-refractivity contribution in [2.45, 2.75) is 12.1 Å². The van der Waals surface area contributed by atoms with E-state index in [2.05, 4.69) is 15.2 Å². The molecule has 1 N–H and O–H groups in total. The molecule has 1 aromatic heterocycles. The van der Waals surface area contributed by atoms with Crippen molar-refractivity contribution in [1.29, 1.82) is 0 Å². The minimum Gasteiger partial charge on any atom is -0.258 e. The number of aromatic amines is 1. The van der Waals surface area contributed by atoms with E-state index in [9.17, 15) is 17.2 Å². The van der Waals surface area contributed by atoms with Crippen molar-refractivity contribution in [3.05, 3.63) is 29.8 Å². The standard InChI is InChI=1S/C13H15F2N3O2S2/c1-8(7-22(2,19)20)6-21-13-16-12(17-18-13)9-3-10(14)5-11(15)4-9/h3-5,8H,6-7H2,1-2H3,(H,16,17,18). The first-order valence-electron chi connectivity index (χ1n) is 6.42. The van der Waals surface area contributed by atoms with E-state index in [-0.39, 0.29) is 23.1 Å². The molecule has 0 aliphatic carbocycles. The molecule has 0 aliphatic heterocycles. The highest BCUT2D eigenvalue weighted by molar-refractivity contribution is 7.99. The Morgan fingerprint density at radius 3 is 2.50 bits per heavy atom. The lowest BCUT2D eigenvalue weighted by atomic mass is 10.2. The first kappa shape index (κ1) is 16.9. The van der Waals surface area contributed by atoms with Crippen molar-refractivity contribution < 1.29 is 17.2 Å². The van der Waals surface area contributed by atoms with Crippen molar-refractivity contribution in [2.75, 3.05) is 17.8 Å². The van der Waals surface area contributed by atoms with Crippen molar-refractivity contribution >= 4 is 21.6 Å². The van der Waals surface area contributed by atoms with Crippen LogP contribution in [0.3, 0.4) is 0 Å². The van der Waals surface area contributed by atoms with Gasteiger partial charge in [0.25, 0.3) is 0 Å². The molecular weight excluding hydrogens is 332 g/mol. The predicted molar refractivity (Wildman–Crippen MR) is 81.3 cm³/mol. The van der Waals surface area contributed by atoms with Crippen molar-refractivity contribution in [2.24, 2.45) is 5.92 Å². The van der Waals surface area contributed by atoms with E-state index in [0.717, 1.165) is 18.2 Å². The zero-order chi connectivity index (χ0) is 16.3. The van der Waals surface area contributed by atoms with Crippen LogP contribution >= 0.6 is 11.8 Å². The number of halogens is 2. The third-order valence-electron chi connectivity index (χ3n) is 2.69. The minimum atomic E-state index is -3.02. The van der Waals surface area contributed by atoms with E-state index in [1.54, 1.807) is 0 Å². The molecule has 2 rings (SSSR count). The molecule has 1 aromatic carbocycles. The Bertz CT molecular complexity index is 742. The number of aromatic nitrogens is 3. The molecule has 1 atom stereocenters. The second kappa shape index (κ2) is 6.74. The largest absolute Gasteiger partial charge is 0.258 e. The van der Waals surface area contributed by atoms with Crippen LogP contribution in [0, 0.1) is 17.6 Å². The summed E-state index contributed by atoms with van der Waals surface area (Å²) in [4.78, 5) is 4.14. The topological polar surface area (TPSA) is 75.7 Å². The van der Waals surface area contributed by atoms with Gasteiger partial charge in [0.2, 0.25) is 5.16 Å². The molecule has 0 amide bonds. The molecule has 2 aromatic rings. The molecule has 0 radical (unpaired) electrons. The summed E-state index contributed by atoms with van der Waals surface area (Å²) in [6.07, 6.45) is 1.19. The molecule has 22 heavy (non-hydrogen) atoms. The zero-order valence-electron chi connectivity index (χ0n) is 12.0. The van der Waals surface area contributed by atoms with Gasteiger partial charge in [-0.2, -0.15) is 0 Å². The Hall–Kier alpha value is -1.48. The molecule has 120 valence electrons. The molecule has 0 saturated carbocycles. The number of sulfone groups is 1. The average Bonchev–Trinajstić information content (AvgIpc) is 2.82. The van der Waals surface area contributed by atoms with Gasteiger partial charge >= 0.3 is 0 Å². The quantitative estimate of drug-likeness (QED) is 0.813. The monoisotopic (exact) mass is 347 g/mol. The maximum absolute atomic E-state index is 13.2. The van der Waals surface area contributed by atoms with E-state index in [0.29, 0.717) is 10.9 Å². The second-order valence-corrected chi connectivity index (χ2v) is 8.31. The molecular formula is C13H15F2N3O2S2. The van der Waals surface area contributed by atoms with Gasteiger partial charge in [-0.3, -0.25) is 5.10 Å². The lowest BCUT2D eigenvalue weighted by Gasteiger charge is -2.07. The number of hydrogen-bond donors (Lipinski definition) is 1. The zero-order valence-corrected chi connectivity index (χ0v) is 13.6. The van der Waals surface area contributed by atoms with Crippen molar-refractivity contribution in [3.63, 3.8) is 0 Å². The molecule has 5 nitrogen and oxygen atoms in total. The summed E-state index contributed by atoms with van der Waals surface area (Å²) in [5.41, 5.74) is 0.265. The highest BCUT2D eigenvalue weighted by Gasteiger charge is 2.13. The molecule has 0 saturated heterocycles. The highest BCUT2D eigenvalue weighted by atomic mass is 32.2. The first-order valence-corrected chi connectivity index (χ1v) is 9.47. The van der Waals surface area contributed by atoms with Gasteiger partial charge in [-0.1, -0.05) is 18.7 Å². The van der Waals surface area contributed by atoms with Crippen LogP contribution < -0.4 is 0 Å². The smallest absolute Gasteiger partial charge is 0.208 e. The molecule has 0 fully saturated rings. The molecule has 0 bridgehead atoms. The van der Waals surface area contributed by atoms with E-state index in [1.807, 2.05) is 6.92 Å². The summed E-state index contributed by atoms with van der Waals surface area (Å²) < 4.78 is 48.7.